The highest BCUT2D eigenvalue weighted by Crippen LogP contribution is 1.92. The van der Waals surface area contributed by atoms with Crippen molar-refractivity contribution in [2.75, 3.05) is 41.3 Å². The van der Waals surface area contributed by atoms with Crippen LogP contribution in [0.2, 0.25) is 0 Å². The highest BCUT2D eigenvalue weighted by Gasteiger charge is 2.09. The van der Waals surface area contributed by atoms with Crippen molar-refractivity contribution in [2.45, 2.75) is 6.04 Å². The van der Waals surface area contributed by atoms with Crippen LogP contribution in [0.1, 0.15) is 0 Å². The lowest BCUT2D eigenvalue weighted by atomic mass is 10.3. The molecule has 0 aliphatic carbocycles. The van der Waals surface area contributed by atoms with E-state index in [0.29, 0.717) is 0 Å². The fourth-order valence-corrected chi connectivity index (χ4v) is 0.806. The Morgan fingerprint density at radius 2 is 1.70 bits per heavy atom. The van der Waals surface area contributed by atoms with Gasteiger partial charge in [0.05, 0.1) is 6.61 Å². The SMILES string of the molecule is CN(C)CC(CO)N(C)C. The van der Waals surface area contributed by atoms with E-state index in [4.69, 9.17) is 5.11 Å². The molecule has 0 aromatic heterocycles. The van der Waals surface area contributed by atoms with Crippen molar-refractivity contribution in [3.63, 3.8) is 0 Å². The minimum Gasteiger partial charge on any atom is -0.395 e. The topological polar surface area (TPSA) is 26.7 Å². The fraction of sp³-hybridized carbons (Fsp3) is 1.00. The van der Waals surface area contributed by atoms with Gasteiger partial charge in [-0.3, -0.25) is 0 Å². The number of aliphatic hydroxyl groups is 1. The first-order valence-corrected chi connectivity index (χ1v) is 3.50. The van der Waals surface area contributed by atoms with Gasteiger partial charge in [-0.2, -0.15) is 0 Å². The molecule has 3 nitrogen and oxygen atoms in total. The van der Waals surface area contributed by atoms with E-state index in [1.165, 1.54) is 0 Å². The molecule has 0 saturated heterocycles. The molecule has 0 aromatic carbocycles. The highest BCUT2D eigenvalue weighted by molar-refractivity contribution is 4.66. The third-order valence-corrected chi connectivity index (χ3v) is 1.52. The summed E-state index contributed by atoms with van der Waals surface area (Å²) in [7, 11) is 7.97. The van der Waals surface area contributed by atoms with E-state index in [1.54, 1.807) is 0 Å². The molecular weight excluding hydrogens is 128 g/mol. The van der Waals surface area contributed by atoms with Gasteiger partial charge in [0.1, 0.15) is 0 Å². The summed E-state index contributed by atoms with van der Waals surface area (Å²) in [5.74, 6) is 0. The Morgan fingerprint density at radius 1 is 1.20 bits per heavy atom. The molecule has 0 aromatic rings. The second-order valence-electron chi connectivity index (χ2n) is 3.06. The first kappa shape index (κ1) is 9.88. The Bertz CT molecular complexity index is 83.7. The third kappa shape index (κ3) is 3.82. The Hall–Kier alpha value is -0.120. The summed E-state index contributed by atoms with van der Waals surface area (Å²) < 4.78 is 0. The van der Waals surface area contributed by atoms with Crippen molar-refractivity contribution >= 4 is 0 Å². The van der Waals surface area contributed by atoms with Crippen LogP contribution in [0.15, 0.2) is 0 Å². The summed E-state index contributed by atoms with van der Waals surface area (Å²) in [6.45, 7) is 1.13. The minimum absolute atomic E-state index is 0.227. The van der Waals surface area contributed by atoms with Crippen LogP contribution in [-0.4, -0.2) is 62.3 Å². The van der Waals surface area contributed by atoms with Gasteiger partial charge in [-0.1, -0.05) is 0 Å². The standard InChI is InChI=1S/C7H18N2O/c1-8(2)5-7(6-10)9(3)4/h7,10H,5-6H2,1-4H3. The average molecular weight is 146 g/mol. The maximum atomic E-state index is 8.88. The van der Waals surface area contributed by atoms with E-state index >= 15 is 0 Å². The Kier molecular flexibility index (Phi) is 4.60. The quantitative estimate of drug-likeness (QED) is 0.577. The van der Waals surface area contributed by atoms with Crippen LogP contribution in [0.3, 0.4) is 0 Å². The molecule has 1 unspecified atom stereocenters. The van der Waals surface area contributed by atoms with Crippen LogP contribution in [0.4, 0.5) is 0 Å². The summed E-state index contributed by atoms with van der Waals surface area (Å²) in [4.78, 5) is 4.10. The first-order chi connectivity index (χ1) is 4.57. The Morgan fingerprint density at radius 3 is 1.80 bits per heavy atom. The van der Waals surface area contributed by atoms with Crippen molar-refractivity contribution in [3.8, 4) is 0 Å². The summed E-state index contributed by atoms with van der Waals surface area (Å²) in [5.41, 5.74) is 0. The third-order valence-electron chi connectivity index (χ3n) is 1.52. The number of hydrogen-bond acceptors (Lipinski definition) is 3. The van der Waals surface area contributed by atoms with Crippen molar-refractivity contribution in [2.24, 2.45) is 0 Å². The van der Waals surface area contributed by atoms with Crippen LogP contribution in [-0.2, 0) is 0 Å². The van der Waals surface area contributed by atoms with Crippen LogP contribution in [0.25, 0.3) is 0 Å². The monoisotopic (exact) mass is 146 g/mol. The minimum atomic E-state index is 0.227. The average Bonchev–Trinajstić information content (AvgIpc) is 1.81. The summed E-state index contributed by atoms with van der Waals surface area (Å²) >= 11 is 0. The van der Waals surface area contributed by atoms with Crippen molar-refractivity contribution in [1.82, 2.24) is 9.80 Å². The molecule has 1 N–H and O–H groups in total. The zero-order valence-corrected chi connectivity index (χ0v) is 7.33. The number of hydrogen-bond donors (Lipinski definition) is 1. The molecule has 62 valence electrons. The van der Waals surface area contributed by atoms with E-state index in [0.717, 1.165) is 6.54 Å². The van der Waals surface area contributed by atoms with Gasteiger partial charge in [-0.25, -0.2) is 0 Å². The lowest BCUT2D eigenvalue weighted by Gasteiger charge is -2.24. The number of aliphatic hydroxyl groups excluding tert-OH is 1. The van der Waals surface area contributed by atoms with Gasteiger partial charge in [-0.05, 0) is 28.2 Å². The van der Waals surface area contributed by atoms with Gasteiger partial charge < -0.3 is 14.9 Å². The molecule has 0 aliphatic heterocycles. The molecule has 0 amide bonds. The summed E-state index contributed by atoms with van der Waals surface area (Å²) in [6.07, 6.45) is 0. The number of likely N-dealkylation sites (N-methyl/N-ethyl adjacent to an activating group) is 2. The zero-order valence-electron chi connectivity index (χ0n) is 7.33. The fourth-order valence-electron chi connectivity index (χ4n) is 0.806. The Balaban J connectivity index is 3.60. The van der Waals surface area contributed by atoms with E-state index in [1.807, 2.05) is 33.1 Å². The molecule has 0 saturated carbocycles. The van der Waals surface area contributed by atoms with E-state index in [9.17, 15) is 0 Å². The highest BCUT2D eigenvalue weighted by atomic mass is 16.3. The van der Waals surface area contributed by atoms with Crippen LogP contribution < -0.4 is 0 Å². The molecule has 0 spiro atoms. The number of nitrogens with zero attached hydrogens (tertiary/aromatic N) is 2. The van der Waals surface area contributed by atoms with Crippen LogP contribution in [0.5, 0.6) is 0 Å². The molecule has 3 heteroatoms. The molecule has 0 radical (unpaired) electrons. The lowest BCUT2D eigenvalue weighted by molar-refractivity contribution is 0.141. The molecule has 0 aliphatic rings. The normalized spacial score (nSPS) is 14.7. The maximum absolute atomic E-state index is 8.88. The zero-order chi connectivity index (χ0) is 8.15. The largest absolute Gasteiger partial charge is 0.395 e. The molecule has 0 bridgehead atoms. The van der Waals surface area contributed by atoms with Crippen molar-refractivity contribution in [1.29, 1.82) is 0 Å². The second-order valence-corrected chi connectivity index (χ2v) is 3.06. The molecule has 0 fully saturated rings. The van der Waals surface area contributed by atoms with Gasteiger partial charge in [0.2, 0.25) is 0 Å². The maximum Gasteiger partial charge on any atom is 0.0599 e. The molecule has 0 heterocycles. The van der Waals surface area contributed by atoms with Crippen molar-refractivity contribution < 1.29 is 5.11 Å². The van der Waals surface area contributed by atoms with Gasteiger partial charge in [0, 0.05) is 12.6 Å². The predicted octanol–water partition coefficient (Wildman–Crippen LogP) is -0.529. The van der Waals surface area contributed by atoms with E-state index in [-0.39, 0.29) is 12.6 Å². The first-order valence-electron chi connectivity index (χ1n) is 3.50. The van der Waals surface area contributed by atoms with Gasteiger partial charge in [-0.15, -0.1) is 0 Å². The predicted molar refractivity (Wildman–Crippen MR) is 43.1 cm³/mol. The second kappa shape index (κ2) is 4.66. The molecule has 0 rings (SSSR count). The van der Waals surface area contributed by atoms with Gasteiger partial charge >= 0.3 is 0 Å². The van der Waals surface area contributed by atoms with Gasteiger partial charge in [0.25, 0.3) is 0 Å². The summed E-state index contributed by atoms with van der Waals surface area (Å²) in [6, 6.07) is 0.259. The Labute approximate surface area is 63.2 Å². The molecule has 1 atom stereocenters. The van der Waals surface area contributed by atoms with E-state index in [2.05, 4.69) is 4.90 Å². The van der Waals surface area contributed by atoms with Crippen LogP contribution in [0, 0.1) is 0 Å². The molecule has 10 heavy (non-hydrogen) atoms. The summed E-state index contributed by atoms with van der Waals surface area (Å²) in [5, 5.41) is 8.88. The van der Waals surface area contributed by atoms with Crippen LogP contribution >= 0.6 is 0 Å². The van der Waals surface area contributed by atoms with E-state index < -0.39 is 0 Å². The smallest absolute Gasteiger partial charge is 0.0599 e. The van der Waals surface area contributed by atoms with Gasteiger partial charge in [0.15, 0.2) is 0 Å². The van der Waals surface area contributed by atoms with Crippen molar-refractivity contribution in [3.05, 3.63) is 0 Å². The number of rotatable bonds is 4. The molecular formula is C7H18N2O. The lowest BCUT2D eigenvalue weighted by Crippen LogP contribution is -2.39.